The summed E-state index contributed by atoms with van der Waals surface area (Å²) < 4.78 is 26.8. The third-order valence-corrected chi connectivity index (χ3v) is 5.91. The molecule has 0 aliphatic carbocycles. The zero-order chi connectivity index (χ0) is 19.0. The van der Waals surface area contributed by atoms with Gasteiger partial charge in [0.25, 0.3) is 0 Å². The van der Waals surface area contributed by atoms with E-state index in [0.717, 1.165) is 25.8 Å². The number of amides is 2. The highest BCUT2D eigenvalue weighted by Gasteiger charge is 2.21. The Morgan fingerprint density at radius 3 is 2.65 bits per heavy atom. The monoisotopic (exact) mass is 381 g/mol. The van der Waals surface area contributed by atoms with Crippen molar-refractivity contribution in [2.24, 2.45) is 0 Å². The first-order valence-corrected chi connectivity index (χ1v) is 10.5. The average molecular weight is 381 g/mol. The number of carbonyl (C=O) groups is 2. The van der Waals surface area contributed by atoms with Crippen LogP contribution in [0.5, 0.6) is 0 Å². The highest BCUT2D eigenvalue weighted by atomic mass is 32.2. The van der Waals surface area contributed by atoms with Gasteiger partial charge in [0.05, 0.1) is 10.9 Å². The lowest BCUT2D eigenvalue weighted by molar-refractivity contribution is -0.130. The van der Waals surface area contributed by atoms with Crippen molar-refractivity contribution in [3.63, 3.8) is 0 Å². The first kappa shape index (κ1) is 20.4. The summed E-state index contributed by atoms with van der Waals surface area (Å²) in [7, 11) is -3.73. The molecule has 0 radical (unpaired) electrons. The van der Waals surface area contributed by atoms with Crippen LogP contribution in [0.3, 0.4) is 0 Å². The van der Waals surface area contributed by atoms with Gasteiger partial charge in [0, 0.05) is 26.1 Å². The molecule has 1 aliphatic rings. The van der Waals surface area contributed by atoms with E-state index in [4.69, 9.17) is 0 Å². The van der Waals surface area contributed by atoms with Gasteiger partial charge in [0.1, 0.15) is 0 Å². The van der Waals surface area contributed by atoms with Gasteiger partial charge < -0.3 is 10.2 Å². The minimum Gasteiger partial charge on any atom is -0.355 e. The summed E-state index contributed by atoms with van der Waals surface area (Å²) in [5.41, 5.74) is 0. The van der Waals surface area contributed by atoms with E-state index in [-0.39, 0.29) is 16.7 Å². The maximum Gasteiger partial charge on any atom is 0.241 e. The summed E-state index contributed by atoms with van der Waals surface area (Å²) in [5.74, 6) is -0.204. The molecule has 1 aromatic rings. The molecule has 0 unspecified atom stereocenters. The quantitative estimate of drug-likeness (QED) is 0.663. The molecule has 144 valence electrons. The van der Waals surface area contributed by atoms with Gasteiger partial charge in [0.2, 0.25) is 21.8 Å². The Morgan fingerprint density at radius 1 is 1.19 bits per heavy atom. The van der Waals surface area contributed by atoms with E-state index in [2.05, 4.69) is 10.0 Å². The van der Waals surface area contributed by atoms with Crippen molar-refractivity contribution in [1.29, 1.82) is 0 Å². The highest BCUT2D eigenvalue weighted by molar-refractivity contribution is 7.89. The van der Waals surface area contributed by atoms with Crippen LogP contribution >= 0.6 is 0 Å². The van der Waals surface area contributed by atoms with Gasteiger partial charge in [-0.1, -0.05) is 24.6 Å². The van der Waals surface area contributed by atoms with E-state index in [1.54, 1.807) is 18.2 Å². The number of likely N-dealkylation sites (tertiary alicyclic amines) is 1. The van der Waals surface area contributed by atoms with Crippen molar-refractivity contribution in [2.45, 2.75) is 50.0 Å². The molecule has 1 fully saturated rings. The Kier molecular flexibility index (Phi) is 7.59. The van der Waals surface area contributed by atoms with Crippen LogP contribution in [-0.2, 0) is 19.6 Å². The van der Waals surface area contributed by atoms with Crippen molar-refractivity contribution in [2.75, 3.05) is 19.6 Å². The first-order valence-electron chi connectivity index (χ1n) is 9.03. The van der Waals surface area contributed by atoms with Crippen LogP contribution in [0.25, 0.3) is 0 Å². The molecule has 0 saturated carbocycles. The molecule has 0 bridgehead atoms. The van der Waals surface area contributed by atoms with Gasteiger partial charge in [-0.25, -0.2) is 8.42 Å². The molecule has 0 spiro atoms. The maximum absolute atomic E-state index is 12.2. The van der Waals surface area contributed by atoms with E-state index in [1.807, 2.05) is 4.90 Å². The number of carbonyl (C=O) groups excluding carboxylic acids is 2. The van der Waals surface area contributed by atoms with Gasteiger partial charge >= 0.3 is 0 Å². The summed E-state index contributed by atoms with van der Waals surface area (Å²) in [6.07, 6.45) is 4.31. The molecule has 2 N–H and O–H groups in total. The Balaban J connectivity index is 1.74. The van der Waals surface area contributed by atoms with Gasteiger partial charge in [-0.3, -0.25) is 9.59 Å². The molecule has 8 heteroatoms. The number of nitrogens with one attached hydrogen (secondary N) is 2. The molecule has 2 amide bonds. The van der Waals surface area contributed by atoms with Crippen LogP contribution < -0.4 is 10.0 Å². The SMILES string of the molecule is C[C@H](NS(=O)(=O)c1ccccc1)C(=O)NCCCN1CCCCCC1=O. The van der Waals surface area contributed by atoms with E-state index in [9.17, 15) is 18.0 Å². The minimum absolute atomic E-state index is 0.124. The van der Waals surface area contributed by atoms with Crippen molar-refractivity contribution in [3.05, 3.63) is 30.3 Å². The molecular formula is C18H27N3O4S. The molecule has 2 rings (SSSR count). The maximum atomic E-state index is 12.2. The van der Waals surface area contributed by atoms with Crippen molar-refractivity contribution < 1.29 is 18.0 Å². The summed E-state index contributed by atoms with van der Waals surface area (Å²) in [4.78, 5) is 26.0. The van der Waals surface area contributed by atoms with Gasteiger partial charge in [0.15, 0.2) is 0 Å². The number of sulfonamides is 1. The molecule has 0 aromatic heterocycles. The summed E-state index contributed by atoms with van der Waals surface area (Å²) in [6.45, 7) is 3.30. The molecular weight excluding hydrogens is 354 g/mol. The molecule has 1 saturated heterocycles. The van der Waals surface area contributed by atoms with E-state index < -0.39 is 16.1 Å². The van der Waals surface area contributed by atoms with E-state index in [0.29, 0.717) is 25.9 Å². The van der Waals surface area contributed by atoms with Crippen molar-refractivity contribution in [1.82, 2.24) is 14.9 Å². The standard InChI is InChI=1S/C18H27N3O4S/c1-15(20-26(24,25)16-9-4-2-5-10-16)18(23)19-12-8-14-21-13-7-3-6-11-17(21)22/h2,4-5,9-10,15,20H,3,6-8,11-14H2,1H3,(H,19,23)/t15-/m0/s1. The van der Waals surface area contributed by atoms with Crippen LogP contribution in [0.1, 0.15) is 39.0 Å². The fraction of sp³-hybridized carbons (Fsp3) is 0.556. The lowest BCUT2D eigenvalue weighted by Gasteiger charge is -2.20. The van der Waals surface area contributed by atoms with Crippen LogP contribution in [0, 0.1) is 0 Å². The second-order valence-electron chi connectivity index (χ2n) is 6.49. The topological polar surface area (TPSA) is 95.6 Å². The fourth-order valence-electron chi connectivity index (χ4n) is 2.86. The molecule has 1 heterocycles. The Morgan fingerprint density at radius 2 is 1.92 bits per heavy atom. The predicted octanol–water partition coefficient (Wildman–Crippen LogP) is 1.26. The normalized spacial score (nSPS) is 16.8. The number of hydrogen-bond acceptors (Lipinski definition) is 4. The zero-order valence-corrected chi connectivity index (χ0v) is 15.9. The second kappa shape index (κ2) is 9.68. The van der Waals surface area contributed by atoms with Crippen LogP contribution in [0.4, 0.5) is 0 Å². The lowest BCUT2D eigenvalue weighted by Crippen LogP contribution is -2.45. The number of nitrogens with zero attached hydrogens (tertiary/aromatic N) is 1. The summed E-state index contributed by atoms with van der Waals surface area (Å²) in [5, 5.41) is 2.72. The van der Waals surface area contributed by atoms with Crippen molar-refractivity contribution >= 4 is 21.8 Å². The smallest absolute Gasteiger partial charge is 0.241 e. The van der Waals surface area contributed by atoms with Gasteiger partial charge in [-0.05, 0) is 38.3 Å². The van der Waals surface area contributed by atoms with Gasteiger partial charge in [-0.2, -0.15) is 4.72 Å². The van der Waals surface area contributed by atoms with E-state index in [1.165, 1.54) is 19.1 Å². The summed E-state index contributed by atoms with van der Waals surface area (Å²) >= 11 is 0. The van der Waals surface area contributed by atoms with Gasteiger partial charge in [-0.15, -0.1) is 0 Å². The average Bonchev–Trinajstić information content (AvgIpc) is 2.83. The molecule has 26 heavy (non-hydrogen) atoms. The third-order valence-electron chi connectivity index (χ3n) is 4.35. The Hall–Kier alpha value is -1.93. The zero-order valence-electron chi connectivity index (χ0n) is 15.1. The Labute approximate surface area is 155 Å². The van der Waals surface area contributed by atoms with Crippen LogP contribution in [0.15, 0.2) is 35.2 Å². The molecule has 7 nitrogen and oxygen atoms in total. The number of hydrogen-bond donors (Lipinski definition) is 2. The van der Waals surface area contributed by atoms with Crippen molar-refractivity contribution in [3.8, 4) is 0 Å². The molecule has 1 aliphatic heterocycles. The lowest BCUT2D eigenvalue weighted by atomic mass is 10.2. The largest absolute Gasteiger partial charge is 0.355 e. The summed E-state index contributed by atoms with van der Waals surface area (Å²) in [6, 6.07) is 7.06. The second-order valence-corrected chi connectivity index (χ2v) is 8.21. The van der Waals surface area contributed by atoms with Crippen LogP contribution in [0.2, 0.25) is 0 Å². The number of rotatable bonds is 8. The molecule has 1 atom stereocenters. The fourth-order valence-corrected chi connectivity index (χ4v) is 4.09. The van der Waals surface area contributed by atoms with Crippen LogP contribution in [-0.4, -0.2) is 50.8 Å². The minimum atomic E-state index is -3.73. The highest BCUT2D eigenvalue weighted by Crippen LogP contribution is 2.11. The Bertz CT molecular complexity index is 706. The molecule has 1 aromatic carbocycles. The first-order chi connectivity index (χ1) is 12.4. The predicted molar refractivity (Wildman–Crippen MR) is 98.9 cm³/mol. The van der Waals surface area contributed by atoms with E-state index >= 15 is 0 Å². The number of benzene rings is 1. The third kappa shape index (κ3) is 6.10.